The summed E-state index contributed by atoms with van der Waals surface area (Å²) in [5.41, 5.74) is 6.73. The Hall–Kier alpha value is -2.28. The van der Waals surface area contributed by atoms with Gasteiger partial charge in [0.1, 0.15) is 5.75 Å². The zero-order valence-corrected chi connectivity index (χ0v) is 18.4. The maximum Gasteiger partial charge on any atom is 0.217 e. The van der Waals surface area contributed by atoms with Gasteiger partial charge in [-0.15, -0.1) is 0 Å². The summed E-state index contributed by atoms with van der Waals surface area (Å²) in [6.45, 7) is 6.76. The molecular weight excluding hydrogens is 380 g/mol. The Morgan fingerprint density at radius 2 is 2.07 bits per heavy atom. The van der Waals surface area contributed by atoms with Crippen LogP contribution in [0.3, 0.4) is 0 Å². The van der Waals surface area contributed by atoms with Gasteiger partial charge < -0.3 is 25.4 Å². The fourth-order valence-corrected chi connectivity index (χ4v) is 4.69. The molecule has 30 heavy (non-hydrogen) atoms. The van der Waals surface area contributed by atoms with Gasteiger partial charge in [0, 0.05) is 51.7 Å². The van der Waals surface area contributed by atoms with Crippen molar-refractivity contribution >= 4 is 11.9 Å². The van der Waals surface area contributed by atoms with Crippen molar-refractivity contribution in [3.05, 3.63) is 29.8 Å². The summed E-state index contributed by atoms with van der Waals surface area (Å²) in [6.07, 6.45) is 4.48. The molecule has 2 fully saturated rings. The minimum Gasteiger partial charge on any atom is -0.494 e. The van der Waals surface area contributed by atoms with Crippen LogP contribution in [0, 0.1) is 5.92 Å². The molecule has 2 saturated heterocycles. The second kappa shape index (κ2) is 10.7. The molecular formula is C23H36N4O3. The van der Waals surface area contributed by atoms with Crippen LogP contribution in [0.1, 0.15) is 44.6 Å². The van der Waals surface area contributed by atoms with Gasteiger partial charge in [-0.2, -0.15) is 0 Å². The fourth-order valence-electron chi connectivity index (χ4n) is 4.69. The number of carbonyl (C=O) groups excluding carboxylic acids is 1. The summed E-state index contributed by atoms with van der Waals surface area (Å²) in [7, 11) is 1.83. The summed E-state index contributed by atoms with van der Waals surface area (Å²) < 4.78 is 11.3. The molecule has 1 aromatic rings. The average Bonchev–Trinajstić information content (AvgIpc) is 2.75. The number of ether oxygens (including phenoxy) is 2. The van der Waals surface area contributed by atoms with Crippen LogP contribution in [0.25, 0.3) is 0 Å². The van der Waals surface area contributed by atoms with E-state index in [-0.39, 0.29) is 11.3 Å². The first-order chi connectivity index (χ1) is 14.6. The number of rotatable bonds is 7. The van der Waals surface area contributed by atoms with Gasteiger partial charge in [-0.05, 0) is 56.2 Å². The minimum absolute atomic E-state index is 0.00134. The van der Waals surface area contributed by atoms with Crippen LogP contribution >= 0.6 is 0 Å². The predicted molar refractivity (Wildman–Crippen MR) is 119 cm³/mol. The van der Waals surface area contributed by atoms with E-state index in [9.17, 15) is 4.79 Å². The number of aliphatic imine (C=N–C) groups is 1. The van der Waals surface area contributed by atoms with Crippen molar-refractivity contribution in [2.45, 2.75) is 44.4 Å². The second-order valence-corrected chi connectivity index (χ2v) is 8.38. The summed E-state index contributed by atoms with van der Waals surface area (Å²) in [4.78, 5) is 18.2. The smallest absolute Gasteiger partial charge is 0.217 e. The zero-order chi connectivity index (χ0) is 21.4. The summed E-state index contributed by atoms with van der Waals surface area (Å²) in [5, 5.41) is 3.63. The standard InChI is InChI=1S/C23H36N4O3/c1-3-30-20-8-6-19(7-9-20)23(10-13-29-14-11-23)17-26-22(25-2)27-12-4-5-18(16-27)15-21(24)28/h6-9,18H,3-5,10-17H2,1-2H3,(H2,24,28)(H,25,26). The molecule has 2 aliphatic rings. The van der Waals surface area contributed by atoms with Gasteiger partial charge in [-0.25, -0.2) is 0 Å². The van der Waals surface area contributed by atoms with Crippen LogP contribution in [0.4, 0.5) is 0 Å². The molecule has 2 heterocycles. The quantitative estimate of drug-likeness (QED) is 0.526. The first kappa shape index (κ1) is 22.4. The maximum absolute atomic E-state index is 11.3. The number of nitrogens with one attached hydrogen (secondary N) is 1. The Bertz CT molecular complexity index is 714. The largest absolute Gasteiger partial charge is 0.494 e. The number of carbonyl (C=O) groups is 1. The topological polar surface area (TPSA) is 89.2 Å². The van der Waals surface area contributed by atoms with E-state index in [1.807, 2.05) is 14.0 Å². The lowest BCUT2D eigenvalue weighted by molar-refractivity contribution is -0.119. The van der Waals surface area contributed by atoms with Crippen LogP contribution in [0.2, 0.25) is 0 Å². The number of piperidine rings is 1. The van der Waals surface area contributed by atoms with Crippen LogP contribution in [-0.2, 0) is 14.9 Å². The van der Waals surface area contributed by atoms with Gasteiger partial charge in [0.05, 0.1) is 6.61 Å². The van der Waals surface area contributed by atoms with Gasteiger partial charge in [-0.3, -0.25) is 9.79 Å². The van der Waals surface area contributed by atoms with Crippen LogP contribution in [0.5, 0.6) is 5.75 Å². The van der Waals surface area contributed by atoms with Crippen molar-refractivity contribution in [1.82, 2.24) is 10.2 Å². The van der Waals surface area contributed by atoms with E-state index in [2.05, 4.69) is 39.5 Å². The van der Waals surface area contributed by atoms with E-state index in [0.29, 0.717) is 18.9 Å². The van der Waals surface area contributed by atoms with Gasteiger partial charge >= 0.3 is 0 Å². The fraction of sp³-hybridized carbons (Fsp3) is 0.652. The number of benzene rings is 1. The van der Waals surface area contributed by atoms with E-state index in [1.54, 1.807) is 0 Å². The third-order valence-electron chi connectivity index (χ3n) is 6.33. The SMILES string of the molecule is CCOc1ccc(C2(CNC(=NC)N3CCCC(CC(N)=O)C3)CCOCC2)cc1. The number of nitrogens with zero attached hydrogens (tertiary/aromatic N) is 2. The normalized spacial score (nSPS) is 21.9. The summed E-state index contributed by atoms with van der Waals surface area (Å²) in [5.74, 6) is 1.89. The van der Waals surface area contributed by atoms with Gasteiger partial charge in [-0.1, -0.05) is 12.1 Å². The van der Waals surface area contributed by atoms with Crippen molar-refractivity contribution in [3.8, 4) is 5.75 Å². The first-order valence-corrected chi connectivity index (χ1v) is 11.1. The number of nitrogens with two attached hydrogens (primary N) is 1. The lowest BCUT2D eigenvalue weighted by Gasteiger charge is -2.40. The molecule has 1 amide bonds. The Morgan fingerprint density at radius 3 is 2.70 bits per heavy atom. The molecule has 7 nitrogen and oxygen atoms in total. The van der Waals surface area contributed by atoms with E-state index < -0.39 is 0 Å². The number of amides is 1. The third kappa shape index (κ3) is 5.65. The third-order valence-corrected chi connectivity index (χ3v) is 6.33. The molecule has 2 aliphatic heterocycles. The Balaban J connectivity index is 1.69. The molecule has 3 rings (SSSR count). The number of guanidine groups is 1. The highest BCUT2D eigenvalue weighted by molar-refractivity contribution is 5.80. The van der Waals surface area contributed by atoms with Crippen LogP contribution in [0.15, 0.2) is 29.3 Å². The predicted octanol–water partition coefficient (Wildman–Crippen LogP) is 2.30. The van der Waals surface area contributed by atoms with E-state index in [4.69, 9.17) is 15.2 Å². The Labute approximate surface area is 180 Å². The van der Waals surface area contributed by atoms with Crippen LogP contribution in [-0.4, -0.2) is 63.3 Å². The first-order valence-electron chi connectivity index (χ1n) is 11.1. The zero-order valence-electron chi connectivity index (χ0n) is 18.4. The van der Waals surface area contributed by atoms with Gasteiger partial charge in [0.2, 0.25) is 5.91 Å². The highest BCUT2D eigenvalue weighted by atomic mass is 16.5. The minimum atomic E-state index is -0.221. The molecule has 0 saturated carbocycles. The molecule has 0 radical (unpaired) electrons. The van der Waals surface area contributed by atoms with Crippen molar-refractivity contribution in [2.75, 3.05) is 46.5 Å². The lowest BCUT2D eigenvalue weighted by atomic mass is 9.74. The monoisotopic (exact) mass is 416 g/mol. The molecule has 0 aliphatic carbocycles. The molecule has 1 aromatic carbocycles. The van der Waals surface area contributed by atoms with E-state index in [1.165, 1.54) is 5.56 Å². The Kier molecular flexibility index (Phi) is 7.96. The lowest BCUT2D eigenvalue weighted by Crippen LogP contribution is -2.51. The van der Waals surface area contributed by atoms with Crippen molar-refractivity contribution in [1.29, 1.82) is 0 Å². The Morgan fingerprint density at radius 1 is 1.33 bits per heavy atom. The molecule has 0 aromatic heterocycles. The molecule has 1 atom stereocenters. The van der Waals surface area contributed by atoms with Crippen molar-refractivity contribution < 1.29 is 14.3 Å². The van der Waals surface area contributed by atoms with E-state index in [0.717, 1.165) is 70.2 Å². The summed E-state index contributed by atoms with van der Waals surface area (Å²) >= 11 is 0. The molecule has 1 unspecified atom stereocenters. The molecule has 0 bridgehead atoms. The number of primary amides is 1. The average molecular weight is 417 g/mol. The van der Waals surface area contributed by atoms with E-state index >= 15 is 0 Å². The van der Waals surface area contributed by atoms with Gasteiger partial charge in [0.25, 0.3) is 0 Å². The van der Waals surface area contributed by atoms with Crippen LogP contribution < -0.4 is 15.8 Å². The summed E-state index contributed by atoms with van der Waals surface area (Å²) in [6, 6.07) is 8.49. The highest BCUT2D eigenvalue weighted by Crippen LogP contribution is 2.35. The number of hydrogen-bond acceptors (Lipinski definition) is 4. The molecule has 7 heteroatoms. The van der Waals surface area contributed by atoms with Gasteiger partial charge in [0.15, 0.2) is 5.96 Å². The molecule has 0 spiro atoms. The highest BCUT2D eigenvalue weighted by Gasteiger charge is 2.35. The molecule has 3 N–H and O–H groups in total. The van der Waals surface area contributed by atoms with Crippen molar-refractivity contribution in [3.63, 3.8) is 0 Å². The van der Waals surface area contributed by atoms with Crippen molar-refractivity contribution in [2.24, 2.45) is 16.6 Å². The maximum atomic E-state index is 11.3. The molecule has 166 valence electrons. The number of likely N-dealkylation sites (tertiary alicyclic amines) is 1. The second-order valence-electron chi connectivity index (χ2n) is 8.38. The number of hydrogen-bond donors (Lipinski definition) is 2.